The van der Waals surface area contributed by atoms with Crippen LogP contribution < -0.4 is 4.74 Å². The van der Waals surface area contributed by atoms with E-state index >= 15 is 0 Å². The summed E-state index contributed by atoms with van der Waals surface area (Å²) in [6.07, 6.45) is 9.45. The van der Waals surface area contributed by atoms with Crippen LogP contribution in [0.3, 0.4) is 0 Å². The monoisotopic (exact) mass is 537 g/mol. The molecule has 0 bridgehead atoms. The Balaban J connectivity index is 1.44. The first-order chi connectivity index (χ1) is 18.2. The van der Waals surface area contributed by atoms with E-state index in [2.05, 4.69) is 26.9 Å². The summed E-state index contributed by atoms with van der Waals surface area (Å²) in [6, 6.07) is 5.30. The third kappa shape index (κ3) is 4.66. The number of H-pyrrole nitrogens is 1. The van der Waals surface area contributed by atoms with E-state index in [-0.39, 0.29) is 28.8 Å². The average Bonchev–Trinajstić information content (AvgIpc) is 3.52. The van der Waals surface area contributed by atoms with Gasteiger partial charge in [0, 0.05) is 66.6 Å². The Morgan fingerprint density at radius 3 is 2.68 bits per heavy atom. The van der Waals surface area contributed by atoms with Crippen LogP contribution in [0.1, 0.15) is 61.4 Å². The minimum absolute atomic E-state index is 0.0643. The van der Waals surface area contributed by atoms with E-state index in [1.807, 2.05) is 40.3 Å². The molecule has 1 fully saturated rings. The smallest absolute Gasteiger partial charge is 0.225 e. The maximum absolute atomic E-state index is 14.4. The molecule has 38 heavy (non-hydrogen) atoms. The number of methoxy groups -OCH3 is 1. The Bertz CT molecular complexity index is 1490. The van der Waals surface area contributed by atoms with Gasteiger partial charge in [0.15, 0.2) is 0 Å². The molecule has 0 unspecified atom stereocenters. The summed E-state index contributed by atoms with van der Waals surface area (Å²) < 4.78 is 21.9. The number of aromatic amines is 1. The van der Waals surface area contributed by atoms with Gasteiger partial charge in [-0.2, -0.15) is 5.10 Å². The molecule has 3 heterocycles. The Hall–Kier alpha value is -3.39. The van der Waals surface area contributed by atoms with Crippen molar-refractivity contribution in [2.45, 2.75) is 51.5 Å². The minimum atomic E-state index is -0.476. The van der Waals surface area contributed by atoms with Crippen molar-refractivity contribution in [1.82, 2.24) is 24.6 Å². The zero-order valence-electron chi connectivity index (χ0n) is 22.4. The van der Waals surface area contributed by atoms with Crippen molar-refractivity contribution in [2.24, 2.45) is 5.92 Å². The zero-order chi connectivity index (χ0) is 27.1. The predicted molar refractivity (Wildman–Crippen MR) is 147 cm³/mol. The van der Waals surface area contributed by atoms with Crippen molar-refractivity contribution in [3.8, 4) is 16.9 Å². The lowest BCUT2D eigenvalue weighted by molar-refractivity contribution is -0.134. The molecule has 0 spiro atoms. The number of carbonyl (C=O) groups excluding carboxylic acids is 1. The number of ether oxygens (including phenoxy) is 1. The molecule has 1 saturated carbocycles. The van der Waals surface area contributed by atoms with Crippen LogP contribution in [-0.4, -0.2) is 51.8 Å². The maximum atomic E-state index is 14.4. The zero-order valence-corrected chi connectivity index (χ0v) is 23.1. The summed E-state index contributed by atoms with van der Waals surface area (Å²) in [5.74, 6) is 0.150. The highest BCUT2D eigenvalue weighted by atomic mass is 35.5. The second-order valence-electron chi connectivity index (χ2n) is 10.4. The molecule has 9 heteroatoms. The number of amides is 1. The number of aromatic nitrogens is 4. The molecule has 1 atom stereocenters. The Labute approximate surface area is 227 Å². The highest BCUT2D eigenvalue weighted by Gasteiger charge is 2.29. The van der Waals surface area contributed by atoms with Crippen molar-refractivity contribution >= 4 is 28.5 Å². The van der Waals surface area contributed by atoms with Crippen LogP contribution in [0.2, 0.25) is 5.02 Å². The van der Waals surface area contributed by atoms with Crippen molar-refractivity contribution in [1.29, 1.82) is 0 Å². The van der Waals surface area contributed by atoms with E-state index in [1.165, 1.54) is 6.07 Å². The third-order valence-electron chi connectivity index (χ3n) is 7.86. The summed E-state index contributed by atoms with van der Waals surface area (Å²) >= 11 is 6.39. The molecule has 1 N–H and O–H groups in total. The normalized spacial score (nSPS) is 18.5. The van der Waals surface area contributed by atoms with E-state index in [0.717, 1.165) is 59.1 Å². The van der Waals surface area contributed by atoms with Crippen LogP contribution in [0.25, 0.3) is 22.2 Å². The van der Waals surface area contributed by atoms with Gasteiger partial charge in [0.2, 0.25) is 5.91 Å². The van der Waals surface area contributed by atoms with E-state index in [4.69, 9.17) is 21.4 Å². The average molecular weight is 538 g/mol. The van der Waals surface area contributed by atoms with Crippen LogP contribution in [0.4, 0.5) is 4.39 Å². The number of pyridine rings is 1. The van der Waals surface area contributed by atoms with Crippen LogP contribution in [0.5, 0.6) is 5.75 Å². The van der Waals surface area contributed by atoms with Gasteiger partial charge in [0.05, 0.1) is 23.9 Å². The van der Waals surface area contributed by atoms with E-state index in [1.54, 1.807) is 18.1 Å². The highest BCUT2D eigenvalue weighted by molar-refractivity contribution is 6.31. The number of carbonyl (C=O) groups is 1. The summed E-state index contributed by atoms with van der Waals surface area (Å²) in [7, 11) is 5.20. The Morgan fingerprint density at radius 1 is 1.26 bits per heavy atom. The number of benzene rings is 1. The second kappa shape index (κ2) is 10.4. The number of rotatable bonds is 6. The molecule has 3 aromatic heterocycles. The Kier molecular flexibility index (Phi) is 7.18. The van der Waals surface area contributed by atoms with Crippen LogP contribution in [0, 0.1) is 18.7 Å². The third-order valence-corrected chi connectivity index (χ3v) is 8.25. The lowest BCUT2D eigenvalue weighted by Gasteiger charge is -2.29. The molecule has 0 radical (unpaired) electrons. The second-order valence-corrected chi connectivity index (χ2v) is 10.8. The number of nitrogens with one attached hydrogen (secondary N) is 1. The van der Waals surface area contributed by atoms with Gasteiger partial charge in [-0.05, 0) is 56.4 Å². The van der Waals surface area contributed by atoms with Gasteiger partial charge < -0.3 is 14.6 Å². The molecule has 4 aromatic rings. The summed E-state index contributed by atoms with van der Waals surface area (Å²) in [5.41, 5.74) is 5.21. The molecule has 1 amide bonds. The molecule has 200 valence electrons. The topological polar surface area (TPSA) is 76.0 Å². The fourth-order valence-electron chi connectivity index (χ4n) is 5.72. The maximum Gasteiger partial charge on any atom is 0.225 e. The van der Waals surface area contributed by atoms with Gasteiger partial charge in [0.1, 0.15) is 17.2 Å². The molecule has 1 aliphatic rings. The summed E-state index contributed by atoms with van der Waals surface area (Å²) in [5, 5.41) is 5.84. The largest absolute Gasteiger partial charge is 0.496 e. The number of nitrogens with zero attached hydrogens (tertiary/aromatic N) is 4. The summed E-state index contributed by atoms with van der Waals surface area (Å²) in [6.45, 7) is 3.99. The fraction of sp³-hybridized carbons (Fsp3) is 0.414. The van der Waals surface area contributed by atoms with Gasteiger partial charge >= 0.3 is 0 Å². The van der Waals surface area contributed by atoms with Crippen LogP contribution in [-0.2, 0) is 4.79 Å². The van der Waals surface area contributed by atoms with Crippen LogP contribution >= 0.6 is 11.6 Å². The quantitative estimate of drug-likeness (QED) is 0.304. The molecular weight excluding hydrogens is 505 g/mol. The van der Waals surface area contributed by atoms with E-state index in [9.17, 15) is 9.18 Å². The first-order valence-electron chi connectivity index (χ1n) is 13.0. The SMILES string of the molecule is COc1ccc(F)c(Cl)c1[C@@H](C)c1c[nH]c2ncc(-c3cn(C4CCC(C(=O)N(C)C)CC4)nc3C)cc12. The summed E-state index contributed by atoms with van der Waals surface area (Å²) in [4.78, 5) is 22.0. The van der Waals surface area contributed by atoms with E-state index in [0.29, 0.717) is 11.3 Å². The van der Waals surface area contributed by atoms with Gasteiger partial charge in [-0.3, -0.25) is 9.48 Å². The molecule has 0 saturated heterocycles. The van der Waals surface area contributed by atoms with Crippen molar-refractivity contribution in [3.63, 3.8) is 0 Å². The molecule has 1 aromatic carbocycles. The van der Waals surface area contributed by atoms with Gasteiger partial charge in [-0.15, -0.1) is 0 Å². The van der Waals surface area contributed by atoms with Gasteiger partial charge in [0.25, 0.3) is 0 Å². The lowest BCUT2D eigenvalue weighted by Crippen LogP contribution is -2.32. The standard InChI is InChI=1S/C29H33ClFN5O2/c1-16(26-25(38-5)11-10-24(31)27(26)30)22-14-33-28-21(22)12-19(13-32-28)23-15-36(34-17(23)2)20-8-6-18(7-9-20)29(37)35(3)4/h10-16,18,20H,6-9H2,1-5H3,(H,32,33)/t16-,18?,20?/m0/s1. The number of hydrogen-bond donors (Lipinski definition) is 1. The molecular formula is C29H33ClFN5O2. The number of hydrogen-bond acceptors (Lipinski definition) is 4. The first-order valence-corrected chi connectivity index (χ1v) is 13.3. The van der Waals surface area contributed by atoms with Crippen molar-refractivity contribution in [2.75, 3.05) is 21.2 Å². The van der Waals surface area contributed by atoms with Gasteiger partial charge in [-0.25, -0.2) is 9.37 Å². The molecule has 0 aliphatic heterocycles. The number of halogens is 2. The number of aryl methyl sites for hydroxylation is 1. The van der Waals surface area contributed by atoms with Gasteiger partial charge in [-0.1, -0.05) is 18.5 Å². The fourth-order valence-corrected chi connectivity index (χ4v) is 6.04. The van der Waals surface area contributed by atoms with Crippen molar-refractivity contribution < 1.29 is 13.9 Å². The predicted octanol–water partition coefficient (Wildman–Crippen LogP) is 6.51. The van der Waals surface area contributed by atoms with E-state index < -0.39 is 5.82 Å². The highest BCUT2D eigenvalue weighted by Crippen LogP contribution is 2.41. The van der Waals surface area contributed by atoms with Crippen molar-refractivity contribution in [3.05, 3.63) is 64.5 Å². The first kappa shape index (κ1) is 26.2. The Morgan fingerprint density at radius 2 is 2.00 bits per heavy atom. The molecule has 5 rings (SSSR count). The minimum Gasteiger partial charge on any atom is -0.496 e. The lowest BCUT2D eigenvalue weighted by atomic mass is 9.85. The number of fused-ring (bicyclic) bond motifs is 1. The molecule has 1 aliphatic carbocycles. The molecule has 7 nitrogen and oxygen atoms in total. The van der Waals surface area contributed by atoms with Crippen LogP contribution in [0.15, 0.2) is 36.8 Å².